The average Bonchev–Trinajstić information content (AvgIpc) is 1.66. The summed E-state index contributed by atoms with van der Waals surface area (Å²) in [5.41, 5.74) is 6.02. The molecule has 0 aliphatic heterocycles. The van der Waals surface area contributed by atoms with Gasteiger partial charge in [0.2, 0.25) is 0 Å². The molecule has 2 N–H and O–H groups in total. The predicted octanol–water partition coefficient (Wildman–Crippen LogP) is 1.82. The highest BCUT2D eigenvalue weighted by atomic mass is 14.5. The van der Waals surface area contributed by atoms with E-state index in [1.165, 1.54) is 0 Å². The molecule has 0 aromatic heterocycles. The quantitative estimate of drug-likeness (QED) is 0.552. The highest BCUT2D eigenvalue weighted by Gasteiger charge is 1.75. The Morgan fingerprint density at radius 3 is 2.62 bits per heavy atom. The van der Waals surface area contributed by atoms with Gasteiger partial charge in [-0.1, -0.05) is 25.7 Å². The third-order valence-corrected chi connectivity index (χ3v) is 0.782. The lowest BCUT2D eigenvalue weighted by Crippen LogP contribution is -1.90. The minimum absolute atomic E-state index is 0.731. The molecule has 0 saturated heterocycles. The molecule has 0 rings (SSSR count). The van der Waals surface area contributed by atoms with Crippen molar-refractivity contribution < 1.29 is 0 Å². The summed E-state index contributed by atoms with van der Waals surface area (Å²) in [6.07, 6.45) is 6.00. The summed E-state index contributed by atoms with van der Waals surface area (Å²) < 4.78 is 0. The van der Waals surface area contributed by atoms with Gasteiger partial charge in [0.25, 0.3) is 0 Å². The average molecular weight is 111 g/mol. The van der Waals surface area contributed by atoms with Crippen LogP contribution >= 0.6 is 0 Å². The Morgan fingerprint density at radius 2 is 2.25 bits per heavy atom. The van der Waals surface area contributed by atoms with E-state index in [9.17, 15) is 0 Å². The Hall–Kier alpha value is -0.720. The second kappa shape index (κ2) is 4.44. The Bertz CT molecular complexity index is 92.6. The summed E-state index contributed by atoms with van der Waals surface area (Å²) in [5, 5.41) is 0. The molecule has 0 unspecified atom stereocenters. The zero-order valence-corrected chi connectivity index (χ0v) is 5.35. The van der Waals surface area contributed by atoms with E-state index >= 15 is 0 Å². The van der Waals surface area contributed by atoms with Crippen LogP contribution in [-0.4, -0.2) is 0 Å². The molecule has 1 heteroatoms. The molecular weight excluding hydrogens is 98.1 g/mol. The Morgan fingerprint density at radius 1 is 1.62 bits per heavy atom. The van der Waals surface area contributed by atoms with Crippen molar-refractivity contribution in [2.75, 3.05) is 0 Å². The fourth-order valence-corrected chi connectivity index (χ4v) is 0.401. The molecule has 1 nitrogen and oxygen atoms in total. The zero-order valence-electron chi connectivity index (χ0n) is 5.35. The van der Waals surface area contributed by atoms with Gasteiger partial charge in [0, 0.05) is 12.1 Å². The van der Waals surface area contributed by atoms with Crippen LogP contribution in [0, 0.1) is 0 Å². The molecule has 0 radical (unpaired) electrons. The summed E-state index contributed by atoms with van der Waals surface area (Å²) in [6, 6.07) is 0. The van der Waals surface area contributed by atoms with Crippen molar-refractivity contribution in [3.63, 3.8) is 0 Å². The molecule has 46 valence electrons. The molecule has 0 atom stereocenters. The largest absolute Gasteiger partial charge is 0.402 e. The fraction of sp³-hybridized carbons (Fsp3) is 0.429. The molecule has 0 aromatic rings. The van der Waals surface area contributed by atoms with Gasteiger partial charge in [-0.3, -0.25) is 0 Å². The number of hydrogen-bond donors (Lipinski definition) is 1. The highest BCUT2D eigenvalue weighted by Crippen LogP contribution is 1.90. The van der Waals surface area contributed by atoms with Crippen molar-refractivity contribution in [1.29, 1.82) is 0 Å². The topological polar surface area (TPSA) is 26.0 Å². The summed E-state index contributed by atoms with van der Waals surface area (Å²) in [6.45, 7) is 5.65. The lowest BCUT2D eigenvalue weighted by Gasteiger charge is -1.87. The van der Waals surface area contributed by atoms with Gasteiger partial charge in [0.1, 0.15) is 0 Å². The van der Waals surface area contributed by atoms with E-state index in [0.717, 1.165) is 18.5 Å². The second-order valence-electron chi connectivity index (χ2n) is 1.74. The summed E-state index contributed by atoms with van der Waals surface area (Å²) in [4.78, 5) is 0. The Balaban J connectivity index is 3.16. The van der Waals surface area contributed by atoms with Crippen molar-refractivity contribution in [2.24, 2.45) is 5.73 Å². The molecule has 8 heavy (non-hydrogen) atoms. The summed E-state index contributed by atoms with van der Waals surface area (Å²) in [7, 11) is 0. The molecule has 0 amide bonds. The van der Waals surface area contributed by atoms with Gasteiger partial charge in [-0.25, -0.2) is 0 Å². The third kappa shape index (κ3) is 5.28. The smallest absolute Gasteiger partial charge is 0.00458 e. The summed E-state index contributed by atoms with van der Waals surface area (Å²) in [5.74, 6) is 0. The van der Waals surface area contributed by atoms with Crippen molar-refractivity contribution in [1.82, 2.24) is 0 Å². The van der Waals surface area contributed by atoms with E-state index in [4.69, 9.17) is 5.73 Å². The lowest BCUT2D eigenvalue weighted by atomic mass is 10.3. The molecular formula is C7H13N. The van der Waals surface area contributed by atoms with Crippen LogP contribution in [0.2, 0.25) is 0 Å². The maximum Gasteiger partial charge on any atom is 0.00458 e. The Labute approximate surface area is 50.9 Å². The maximum absolute atomic E-state index is 5.29. The molecule has 0 spiro atoms. The molecule has 0 fully saturated rings. The predicted molar refractivity (Wildman–Crippen MR) is 37.4 cm³/mol. The van der Waals surface area contributed by atoms with Crippen LogP contribution in [-0.2, 0) is 0 Å². The fourth-order valence-electron chi connectivity index (χ4n) is 0.401. The maximum atomic E-state index is 5.29. The number of rotatable bonds is 3. The van der Waals surface area contributed by atoms with Crippen LogP contribution < -0.4 is 5.73 Å². The molecule has 0 heterocycles. The van der Waals surface area contributed by atoms with Gasteiger partial charge in [-0.05, 0) is 6.42 Å². The zero-order chi connectivity index (χ0) is 6.41. The second-order valence-corrected chi connectivity index (χ2v) is 1.74. The normalized spacial score (nSPS) is 10.1. The monoisotopic (exact) mass is 111 g/mol. The van der Waals surface area contributed by atoms with Crippen LogP contribution in [0.15, 0.2) is 24.4 Å². The van der Waals surface area contributed by atoms with Gasteiger partial charge >= 0.3 is 0 Å². The van der Waals surface area contributed by atoms with E-state index in [1.54, 1.807) is 0 Å². The van der Waals surface area contributed by atoms with E-state index in [-0.39, 0.29) is 0 Å². The first-order valence-corrected chi connectivity index (χ1v) is 2.85. The van der Waals surface area contributed by atoms with Gasteiger partial charge in [-0.15, -0.1) is 0 Å². The lowest BCUT2D eigenvalue weighted by molar-refractivity contribution is 1.14. The van der Waals surface area contributed by atoms with Gasteiger partial charge in [0.15, 0.2) is 0 Å². The standard InChI is InChI=1S/C7H13N/c1-3-4-5-6-7(2)8/h4-5H,2-3,6,8H2,1H3/b5-4+. The number of allylic oxidation sites excluding steroid dienone is 2. The Kier molecular flexibility index (Phi) is 4.04. The third-order valence-electron chi connectivity index (χ3n) is 0.782. The molecule has 0 bridgehead atoms. The first kappa shape index (κ1) is 7.28. The SMILES string of the molecule is C=C(N)C/C=C/CC. The first-order valence-electron chi connectivity index (χ1n) is 2.85. The molecule has 0 aromatic carbocycles. The molecule has 0 aliphatic rings. The van der Waals surface area contributed by atoms with Crippen molar-refractivity contribution in [3.05, 3.63) is 24.4 Å². The number of nitrogens with two attached hydrogens (primary N) is 1. The van der Waals surface area contributed by atoms with Crippen LogP contribution in [0.1, 0.15) is 19.8 Å². The van der Waals surface area contributed by atoms with Crippen molar-refractivity contribution >= 4 is 0 Å². The van der Waals surface area contributed by atoms with E-state index < -0.39 is 0 Å². The van der Waals surface area contributed by atoms with Crippen molar-refractivity contribution in [2.45, 2.75) is 19.8 Å². The minimum Gasteiger partial charge on any atom is -0.402 e. The van der Waals surface area contributed by atoms with Crippen LogP contribution in [0.3, 0.4) is 0 Å². The van der Waals surface area contributed by atoms with E-state index in [1.807, 2.05) is 6.08 Å². The molecule has 0 saturated carbocycles. The summed E-state index contributed by atoms with van der Waals surface area (Å²) >= 11 is 0. The highest BCUT2D eigenvalue weighted by molar-refractivity contribution is 4.96. The van der Waals surface area contributed by atoms with E-state index in [0.29, 0.717) is 0 Å². The van der Waals surface area contributed by atoms with Gasteiger partial charge < -0.3 is 5.73 Å². The minimum atomic E-state index is 0.731. The van der Waals surface area contributed by atoms with Crippen LogP contribution in [0.5, 0.6) is 0 Å². The van der Waals surface area contributed by atoms with Crippen LogP contribution in [0.4, 0.5) is 0 Å². The van der Waals surface area contributed by atoms with Gasteiger partial charge in [0.05, 0.1) is 0 Å². The number of hydrogen-bond acceptors (Lipinski definition) is 1. The van der Waals surface area contributed by atoms with E-state index in [2.05, 4.69) is 19.6 Å². The van der Waals surface area contributed by atoms with Gasteiger partial charge in [-0.2, -0.15) is 0 Å². The van der Waals surface area contributed by atoms with Crippen molar-refractivity contribution in [3.8, 4) is 0 Å². The molecule has 0 aliphatic carbocycles. The van der Waals surface area contributed by atoms with Crippen LogP contribution in [0.25, 0.3) is 0 Å². The first-order chi connectivity index (χ1) is 3.77.